The number of amides is 1. The van der Waals surface area contributed by atoms with Gasteiger partial charge in [0.1, 0.15) is 17.6 Å². The van der Waals surface area contributed by atoms with Crippen molar-refractivity contribution in [2.24, 2.45) is 0 Å². The Morgan fingerprint density at radius 2 is 2.26 bits per heavy atom. The van der Waals surface area contributed by atoms with Crippen LogP contribution >= 0.6 is 0 Å². The van der Waals surface area contributed by atoms with E-state index >= 15 is 0 Å². The van der Waals surface area contributed by atoms with Crippen LogP contribution in [0.25, 0.3) is 0 Å². The lowest BCUT2D eigenvalue weighted by Gasteiger charge is -2.23. The number of nitrogens with one attached hydrogen (secondary N) is 1. The molecule has 0 aromatic carbocycles. The minimum atomic E-state index is -0.593. The van der Waals surface area contributed by atoms with Crippen molar-refractivity contribution in [2.75, 3.05) is 19.4 Å². The average Bonchev–Trinajstić information content (AvgIpc) is 2.43. The number of hydrogen-bond acceptors (Lipinski definition) is 5. The Labute approximate surface area is 111 Å². The normalized spacial score (nSPS) is 11.8. The highest BCUT2D eigenvalue weighted by molar-refractivity contribution is 5.98. The highest BCUT2D eigenvalue weighted by Crippen LogP contribution is 2.22. The molecule has 1 aromatic rings. The fraction of sp³-hybridized carbons (Fsp3) is 0.500. The molecule has 104 valence electrons. The van der Waals surface area contributed by atoms with E-state index in [4.69, 9.17) is 0 Å². The van der Waals surface area contributed by atoms with E-state index in [0.29, 0.717) is 5.82 Å². The number of carbonyl (C=O) groups is 1. The first-order chi connectivity index (χ1) is 8.92. The molecule has 1 atom stereocenters. The zero-order chi connectivity index (χ0) is 14.6. The van der Waals surface area contributed by atoms with Crippen LogP contribution in [-0.4, -0.2) is 40.9 Å². The average molecular weight is 266 g/mol. The Bertz CT molecular complexity index is 490. The third-order valence-electron chi connectivity index (χ3n) is 3.14. The standard InChI is InChI=1S/C12H18N4O3/c1-5-8(2)15(4)12(17)9-6-11(13-3)14-7-10(9)16(18)19/h6-8H,5H2,1-4H3,(H,13,14). The van der Waals surface area contributed by atoms with E-state index in [0.717, 1.165) is 12.6 Å². The Morgan fingerprint density at radius 1 is 1.63 bits per heavy atom. The topological polar surface area (TPSA) is 88.4 Å². The molecule has 1 rings (SSSR count). The number of nitro groups is 1. The molecule has 0 radical (unpaired) electrons. The van der Waals surface area contributed by atoms with Crippen LogP contribution in [0.2, 0.25) is 0 Å². The summed E-state index contributed by atoms with van der Waals surface area (Å²) in [5.41, 5.74) is -0.230. The van der Waals surface area contributed by atoms with Gasteiger partial charge in [0.2, 0.25) is 0 Å². The highest BCUT2D eigenvalue weighted by atomic mass is 16.6. The van der Waals surface area contributed by atoms with Crippen LogP contribution in [0.3, 0.4) is 0 Å². The van der Waals surface area contributed by atoms with Crippen molar-refractivity contribution >= 4 is 17.4 Å². The summed E-state index contributed by atoms with van der Waals surface area (Å²) < 4.78 is 0. The summed E-state index contributed by atoms with van der Waals surface area (Å²) in [4.78, 5) is 28.0. The van der Waals surface area contributed by atoms with Gasteiger partial charge in [0, 0.05) is 26.2 Å². The number of aromatic nitrogens is 1. The van der Waals surface area contributed by atoms with Crippen molar-refractivity contribution in [1.29, 1.82) is 0 Å². The minimum absolute atomic E-state index is 0.0123. The van der Waals surface area contributed by atoms with Gasteiger partial charge in [-0.1, -0.05) is 6.92 Å². The molecule has 19 heavy (non-hydrogen) atoms. The lowest BCUT2D eigenvalue weighted by Crippen LogP contribution is -2.35. The molecule has 0 spiro atoms. The van der Waals surface area contributed by atoms with Gasteiger partial charge in [-0.05, 0) is 13.3 Å². The second-order valence-corrected chi connectivity index (χ2v) is 4.27. The Hall–Kier alpha value is -2.18. The molecule has 0 aliphatic rings. The number of rotatable bonds is 5. The molecule has 1 unspecified atom stereocenters. The number of carbonyl (C=O) groups excluding carboxylic acids is 1. The number of pyridine rings is 1. The Kier molecular flexibility index (Phi) is 4.80. The molecule has 0 fully saturated rings. The largest absolute Gasteiger partial charge is 0.373 e. The zero-order valence-corrected chi connectivity index (χ0v) is 11.5. The van der Waals surface area contributed by atoms with Gasteiger partial charge in [0.25, 0.3) is 11.6 Å². The third-order valence-corrected chi connectivity index (χ3v) is 3.14. The smallest absolute Gasteiger partial charge is 0.300 e. The van der Waals surface area contributed by atoms with Crippen molar-refractivity contribution < 1.29 is 9.72 Å². The van der Waals surface area contributed by atoms with Gasteiger partial charge in [-0.2, -0.15) is 0 Å². The van der Waals surface area contributed by atoms with Gasteiger partial charge in [0.15, 0.2) is 0 Å². The molecule has 1 N–H and O–H groups in total. The molecule has 0 saturated heterocycles. The van der Waals surface area contributed by atoms with Gasteiger partial charge in [-0.15, -0.1) is 0 Å². The van der Waals surface area contributed by atoms with Gasteiger partial charge in [-0.25, -0.2) is 4.98 Å². The minimum Gasteiger partial charge on any atom is -0.373 e. The van der Waals surface area contributed by atoms with Crippen LogP contribution in [0, 0.1) is 10.1 Å². The summed E-state index contributed by atoms with van der Waals surface area (Å²) in [6.07, 6.45) is 1.88. The molecule has 7 nitrogen and oxygen atoms in total. The van der Waals surface area contributed by atoms with Crippen LogP contribution < -0.4 is 5.32 Å². The predicted octanol–water partition coefficient (Wildman–Crippen LogP) is 1.90. The van der Waals surface area contributed by atoms with Crippen molar-refractivity contribution in [2.45, 2.75) is 26.3 Å². The Balaban J connectivity index is 3.23. The second kappa shape index (κ2) is 6.12. The van der Waals surface area contributed by atoms with Gasteiger partial charge >= 0.3 is 0 Å². The van der Waals surface area contributed by atoms with Crippen LogP contribution in [0.5, 0.6) is 0 Å². The van der Waals surface area contributed by atoms with Gasteiger partial charge in [-0.3, -0.25) is 14.9 Å². The van der Waals surface area contributed by atoms with Crippen molar-refractivity contribution in [3.8, 4) is 0 Å². The van der Waals surface area contributed by atoms with E-state index in [1.165, 1.54) is 11.0 Å². The first-order valence-electron chi connectivity index (χ1n) is 6.01. The van der Waals surface area contributed by atoms with Crippen LogP contribution in [0.4, 0.5) is 11.5 Å². The molecule has 1 heterocycles. The fourth-order valence-electron chi connectivity index (χ4n) is 1.57. The lowest BCUT2D eigenvalue weighted by molar-refractivity contribution is -0.385. The van der Waals surface area contributed by atoms with Crippen molar-refractivity contribution in [1.82, 2.24) is 9.88 Å². The maximum absolute atomic E-state index is 12.3. The lowest BCUT2D eigenvalue weighted by atomic mass is 10.1. The fourth-order valence-corrected chi connectivity index (χ4v) is 1.57. The van der Waals surface area contributed by atoms with Crippen LogP contribution in [0.15, 0.2) is 12.3 Å². The van der Waals surface area contributed by atoms with Crippen molar-refractivity contribution in [3.05, 3.63) is 27.9 Å². The summed E-state index contributed by atoms with van der Waals surface area (Å²) in [6, 6.07) is 1.41. The van der Waals surface area contributed by atoms with Crippen LogP contribution in [0.1, 0.15) is 30.6 Å². The van der Waals surface area contributed by atoms with E-state index in [1.807, 2.05) is 13.8 Å². The first-order valence-corrected chi connectivity index (χ1v) is 6.01. The van der Waals surface area contributed by atoms with Crippen molar-refractivity contribution in [3.63, 3.8) is 0 Å². The third kappa shape index (κ3) is 3.18. The van der Waals surface area contributed by atoms with Gasteiger partial charge < -0.3 is 10.2 Å². The molecular weight excluding hydrogens is 248 g/mol. The monoisotopic (exact) mass is 266 g/mol. The maximum atomic E-state index is 12.3. The zero-order valence-electron chi connectivity index (χ0n) is 11.5. The maximum Gasteiger partial charge on any atom is 0.300 e. The number of anilines is 1. The summed E-state index contributed by atoms with van der Waals surface area (Å²) >= 11 is 0. The summed E-state index contributed by atoms with van der Waals surface area (Å²) in [5.74, 6) is 0.0476. The second-order valence-electron chi connectivity index (χ2n) is 4.27. The van der Waals surface area contributed by atoms with Gasteiger partial charge in [0.05, 0.1) is 4.92 Å². The van der Waals surface area contributed by atoms with E-state index in [2.05, 4.69) is 10.3 Å². The van der Waals surface area contributed by atoms with E-state index in [-0.39, 0.29) is 23.2 Å². The SMILES string of the molecule is CCC(C)N(C)C(=O)c1cc(NC)ncc1[N+](=O)[O-]. The number of nitrogens with zero attached hydrogens (tertiary/aromatic N) is 3. The molecule has 0 aliphatic carbocycles. The van der Waals surface area contributed by atoms with Crippen LogP contribution in [-0.2, 0) is 0 Å². The summed E-state index contributed by atoms with van der Waals surface area (Å²) in [6.45, 7) is 3.85. The number of hydrogen-bond donors (Lipinski definition) is 1. The molecular formula is C12H18N4O3. The molecule has 1 amide bonds. The summed E-state index contributed by atoms with van der Waals surface area (Å²) in [7, 11) is 3.28. The van der Waals surface area contributed by atoms with E-state index < -0.39 is 4.92 Å². The van der Waals surface area contributed by atoms with E-state index in [1.54, 1.807) is 14.1 Å². The molecule has 7 heteroatoms. The molecule has 0 aliphatic heterocycles. The molecule has 0 saturated carbocycles. The summed E-state index contributed by atoms with van der Waals surface area (Å²) in [5, 5.41) is 13.7. The molecule has 1 aromatic heterocycles. The quantitative estimate of drug-likeness (QED) is 0.649. The predicted molar refractivity (Wildman–Crippen MR) is 72.3 cm³/mol. The Morgan fingerprint density at radius 3 is 2.74 bits per heavy atom. The first kappa shape index (κ1) is 14.9. The van der Waals surface area contributed by atoms with E-state index in [9.17, 15) is 14.9 Å². The molecule has 0 bridgehead atoms. The highest BCUT2D eigenvalue weighted by Gasteiger charge is 2.25.